The fraction of sp³-hybridized carbons (Fsp3) is 0.873. The molecule has 0 amide bonds. The molecule has 0 aromatic rings. The van der Waals surface area contributed by atoms with E-state index in [0.29, 0.717) is 23.9 Å². The van der Waals surface area contributed by atoms with Gasteiger partial charge in [-0.25, -0.2) is 4.57 Å². The van der Waals surface area contributed by atoms with Crippen LogP contribution in [0.25, 0.3) is 0 Å². The molecule has 0 radical (unpaired) electrons. The molecule has 73 heavy (non-hydrogen) atoms. The Morgan fingerprint density at radius 1 is 0.425 bits per heavy atom. The molecule has 0 saturated heterocycles. The van der Waals surface area contributed by atoms with Crippen LogP contribution in [-0.4, -0.2) is 74.9 Å². The summed E-state index contributed by atoms with van der Waals surface area (Å²) in [7, 11) is 1.49. The number of rotatable bonds is 58. The van der Waals surface area contributed by atoms with Gasteiger partial charge in [0.2, 0.25) is 0 Å². The molecule has 0 heterocycles. The average Bonchev–Trinajstić information content (AvgIpc) is 3.35. The van der Waals surface area contributed by atoms with Crippen molar-refractivity contribution in [3.8, 4) is 0 Å². The number of allylic oxidation sites excluding steroid dienone is 6. The van der Waals surface area contributed by atoms with E-state index in [2.05, 4.69) is 50.3 Å². The number of esters is 2. The Bertz CT molecular complexity index is 1330. The number of phosphoric ester groups is 1. The highest BCUT2D eigenvalue weighted by molar-refractivity contribution is 7.47. The highest BCUT2D eigenvalue weighted by Gasteiger charge is 2.27. The lowest BCUT2D eigenvalue weighted by molar-refractivity contribution is -0.870. The van der Waals surface area contributed by atoms with Gasteiger partial charge >= 0.3 is 19.8 Å². The van der Waals surface area contributed by atoms with E-state index in [-0.39, 0.29) is 25.6 Å². The molecule has 0 fully saturated rings. The van der Waals surface area contributed by atoms with Gasteiger partial charge in [-0.3, -0.25) is 18.6 Å². The van der Waals surface area contributed by atoms with Crippen LogP contribution in [0.4, 0.5) is 0 Å². The van der Waals surface area contributed by atoms with Gasteiger partial charge in [0.05, 0.1) is 27.7 Å². The van der Waals surface area contributed by atoms with Crippen LogP contribution < -0.4 is 0 Å². The number of hydrogen-bond donors (Lipinski definition) is 1. The van der Waals surface area contributed by atoms with Gasteiger partial charge in [-0.1, -0.05) is 275 Å². The summed E-state index contributed by atoms with van der Waals surface area (Å²) < 4.78 is 34.5. The number of ether oxygens (including phenoxy) is 2. The number of unbranched alkanes of at least 4 members (excludes halogenated alkanes) is 38. The number of nitrogens with zero attached hydrogens (tertiary/aromatic N) is 1. The maximum Gasteiger partial charge on any atom is 0.472 e. The van der Waals surface area contributed by atoms with Crippen LogP contribution in [0.5, 0.6) is 0 Å². The van der Waals surface area contributed by atoms with E-state index in [1.54, 1.807) is 0 Å². The summed E-state index contributed by atoms with van der Waals surface area (Å²) in [5.41, 5.74) is 0. The van der Waals surface area contributed by atoms with Gasteiger partial charge in [0.25, 0.3) is 0 Å². The van der Waals surface area contributed by atoms with Gasteiger partial charge in [-0.2, -0.15) is 0 Å². The van der Waals surface area contributed by atoms with E-state index in [1.165, 1.54) is 225 Å². The number of hydrogen-bond acceptors (Lipinski definition) is 7. The molecule has 0 aliphatic heterocycles. The van der Waals surface area contributed by atoms with Crippen molar-refractivity contribution in [3.63, 3.8) is 0 Å². The van der Waals surface area contributed by atoms with E-state index >= 15 is 0 Å². The van der Waals surface area contributed by atoms with Crippen LogP contribution in [0.1, 0.15) is 303 Å². The molecule has 0 bridgehead atoms. The van der Waals surface area contributed by atoms with Crippen molar-refractivity contribution in [3.05, 3.63) is 36.5 Å². The molecule has 0 aromatic carbocycles. The molecule has 0 spiro atoms. The predicted octanol–water partition coefficient (Wildman–Crippen LogP) is 19.5. The van der Waals surface area contributed by atoms with Crippen molar-refractivity contribution in [1.29, 1.82) is 0 Å². The molecule has 1 N–H and O–H groups in total. The zero-order valence-electron chi connectivity index (χ0n) is 48.9. The van der Waals surface area contributed by atoms with Crippen molar-refractivity contribution in [2.75, 3.05) is 47.5 Å². The van der Waals surface area contributed by atoms with Gasteiger partial charge < -0.3 is 18.9 Å². The number of likely N-dealkylation sites (N-methyl/N-ethyl adjacent to an activating group) is 1. The standard InChI is InChI=1S/C63H120NO8P/c1-6-8-10-12-14-16-18-20-21-22-23-24-25-26-27-28-29-30-31-32-33-34-35-36-37-38-39-40-41-42-43-44-46-48-50-52-54-56-63(66)72-61(60-71-73(67,68)70-58-57-64(3,4)5)59-69-62(65)55-53-51-49-47-45-19-17-15-13-11-9-7-2/h18,20,22-23,25-26,61H,6-17,19,21,24,27-60H2,1-5H3/p+1/b20-18-,23-22-,26-25-. The second kappa shape index (κ2) is 55.0. The number of quaternary nitrogens is 1. The molecule has 430 valence electrons. The number of carbonyl (C=O) groups excluding carboxylic acids is 2. The van der Waals surface area contributed by atoms with Crippen molar-refractivity contribution in [2.45, 2.75) is 309 Å². The topological polar surface area (TPSA) is 108 Å². The van der Waals surface area contributed by atoms with Crippen LogP contribution in [0.2, 0.25) is 0 Å². The molecule has 2 unspecified atom stereocenters. The SMILES string of the molecule is CCCCCCC/C=C\C/C=C\C/C=C\CCCCCCCCCCCCCCCCCCCCCCCCC(=O)OC(COC(=O)CCCCCCCCCCCCCC)COP(=O)(O)OCC[N+](C)(C)C. The van der Waals surface area contributed by atoms with Crippen LogP contribution in [-0.2, 0) is 32.7 Å². The lowest BCUT2D eigenvalue weighted by Crippen LogP contribution is -2.37. The van der Waals surface area contributed by atoms with E-state index in [0.717, 1.165) is 44.9 Å². The molecule has 0 aromatic heterocycles. The summed E-state index contributed by atoms with van der Waals surface area (Å²) in [6, 6.07) is 0. The van der Waals surface area contributed by atoms with Crippen LogP contribution in [0.3, 0.4) is 0 Å². The average molecular weight is 1050 g/mol. The van der Waals surface area contributed by atoms with Crippen molar-refractivity contribution in [2.24, 2.45) is 0 Å². The molecule has 0 saturated carbocycles. The summed E-state index contributed by atoms with van der Waals surface area (Å²) in [5.74, 6) is -0.782. The third-order valence-electron chi connectivity index (χ3n) is 13.9. The van der Waals surface area contributed by atoms with Gasteiger partial charge in [0, 0.05) is 12.8 Å². The zero-order valence-corrected chi connectivity index (χ0v) is 49.8. The van der Waals surface area contributed by atoms with Crippen LogP contribution in [0, 0.1) is 0 Å². The predicted molar refractivity (Wildman–Crippen MR) is 312 cm³/mol. The van der Waals surface area contributed by atoms with E-state index in [4.69, 9.17) is 18.5 Å². The second-order valence-electron chi connectivity index (χ2n) is 22.5. The highest BCUT2D eigenvalue weighted by Crippen LogP contribution is 2.43. The fourth-order valence-electron chi connectivity index (χ4n) is 9.08. The second-order valence-corrected chi connectivity index (χ2v) is 23.9. The minimum absolute atomic E-state index is 0.0350. The number of carbonyl (C=O) groups is 2. The smallest absolute Gasteiger partial charge is 0.462 e. The summed E-state index contributed by atoms with van der Waals surface area (Å²) in [5, 5.41) is 0. The minimum atomic E-state index is -4.38. The molecular formula is C63H121NO8P+. The third kappa shape index (κ3) is 59.3. The first-order valence-electron chi connectivity index (χ1n) is 31.2. The Balaban J connectivity index is 3.90. The first-order valence-corrected chi connectivity index (χ1v) is 32.7. The van der Waals surface area contributed by atoms with Crippen molar-refractivity contribution in [1.82, 2.24) is 0 Å². The largest absolute Gasteiger partial charge is 0.472 e. The summed E-state index contributed by atoms with van der Waals surface area (Å²) in [6.45, 7) is 4.45. The molecule has 0 aliphatic carbocycles. The van der Waals surface area contributed by atoms with Gasteiger partial charge in [-0.05, 0) is 51.4 Å². The monoisotopic (exact) mass is 1050 g/mol. The summed E-state index contributed by atoms with van der Waals surface area (Å²) in [6.07, 6.45) is 68.2. The first-order chi connectivity index (χ1) is 35.5. The quantitative estimate of drug-likeness (QED) is 0.0211. The van der Waals surface area contributed by atoms with Gasteiger partial charge in [-0.15, -0.1) is 0 Å². The lowest BCUT2D eigenvalue weighted by Gasteiger charge is -2.24. The van der Waals surface area contributed by atoms with E-state index < -0.39 is 26.5 Å². The third-order valence-corrected chi connectivity index (χ3v) is 14.9. The molecule has 2 atom stereocenters. The van der Waals surface area contributed by atoms with Gasteiger partial charge in [0.1, 0.15) is 19.8 Å². The summed E-state index contributed by atoms with van der Waals surface area (Å²) >= 11 is 0. The Hall–Kier alpha value is -1.77. The zero-order chi connectivity index (χ0) is 53.5. The normalized spacial score (nSPS) is 13.5. The van der Waals surface area contributed by atoms with Crippen molar-refractivity contribution >= 4 is 19.8 Å². The Morgan fingerprint density at radius 3 is 1.10 bits per heavy atom. The van der Waals surface area contributed by atoms with E-state index in [1.807, 2.05) is 21.1 Å². The van der Waals surface area contributed by atoms with Crippen LogP contribution in [0.15, 0.2) is 36.5 Å². The van der Waals surface area contributed by atoms with E-state index in [9.17, 15) is 19.0 Å². The maximum atomic E-state index is 12.8. The first kappa shape index (κ1) is 71.2. The Labute approximate surface area is 452 Å². The Kier molecular flexibility index (Phi) is 53.7. The Morgan fingerprint density at radius 2 is 0.740 bits per heavy atom. The molecule has 0 rings (SSSR count). The van der Waals surface area contributed by atoms with Crippen molar-refractivity contribution < 1.29 is 42.1 Å². The van der Waals surface area contributed by atoms with Crippen LogP contribution >= 0.6 is 7.82 Å². The minimum Gasteiger partial charge on any atom is -0.462 e. The molecular weight excluding hydrogens is 930 g/mol. The molecule has 10 heteroatoms. The number of phosphoric acid groups is 1. The van der Waals surface area contributed by atoms with Gasteiger partial charge in [0.15, 0.2) is 6.10 Å². The fourth-order valence-corrected chi connectivity index (χ4v) is 9.83. The maximum absolute atomic E-state index is 12.8. The highest BCUT2D eigenvalue weighted by atomic mass is 31.2. The lowest BCUT2D eigenvalue weighted by atomic mass is 10.0. The molecule has 9 nitrogen and oxygen atoms in total. The summed E-state index contributed by atoms with van der Waals surface area (Å²) in [4.78, 5) is 35.6. The molecule has 0 aliphatic rings.